The first kappa shape index (κ1) is 11.8. The van der Waals surface area contributed by atoms with E-state index in [9.17, 15) is 0 Å². The van der Waals surface area contributed by atoms with Crippen LogP contribution in [0.2, 0.25) is 0 Å². The molecule has 2 heterocycles. The van der Waals surface area contributed by atoms with E-state index in [-0.39, 0.29) is 0 Å². The number of benzene rings is 1. The molecule has 1 aromatic carbocycles. The van der Waals surface area contributed by atoms with Crippen LogP contribution in [0, 0.1) is 0 Å². The van der Waals surface area contributed by atoms with Crippen LogP contribution in [0.5, 0.6) is 0 Å². The van der Waals surface area contributed by atoms with E-state index in [2.05, 4.69) is 45.6 Å². The minimum atomic E-state index is 0.826. The van der Waals surface area contributed by atoms with Gasteiger partial charge in [0.2, 0.25) is 0 Å². The highest BCUT2D eigenvalue weighted by atomic mass is 32.2. The molecule has 0 saturated carbocycles. The Bertz CT molecular complexity index is 643. The van der Waals surface area contributed by atoms with Gasteiger partial charge in [0.05, 0.1) is 5.69 Å². The Hall–Kier alpha value is -1.30. The molecule has 3 rings (SSSR count). The maximum Gasteiger partial charge on any atom is 0.194 e. The molecule has 3 aromatic rings. The lowest BCUT2D eigenvalue weighted by atomic mass is 10.4. The van der Waals surface area contributed by atoms with Gasteiger partial charge in [0.25, 0.3) is 0 Å². The number of aromatic nitrogens is 2. The molecule has 0 aliphatic carbocycles. The van der Waals surface area contributed by atoms with Gasteiger partial charge in [0.1, 0.15) is 5.03 Å². The van der Waals surface area contributed by atoms with E-state index in [1.165, 1.54) is 10.6 Å². The van der Waals surface area contributed by atoms with Crippen molar-refractivity contribution in [2.45, 2.75) is 16.5 Å². The minimum absolute atomic E-state index is 0.826. The number of nitrogens with one attached hydrogen (secondary N) is 1. The molecule has 0 aliphatic rings. The summed E-state index contributed by atoms with van der Waals surface area (Å²) in [7, 11) is 1.96. The third kappa shape index (κ3) is 2.16. The second-order valence-electron chi connectivity index (χ2n) is 3.86. The average molecular weight is 275 g/mol. The van der Waals surface area contributed by atoms with Gasteiger partial charge in [-0.15, -0.1) is 11.3 Å². The summed E-state index contributed by atoms with van der Waals surface area (Å²) in [4.78, 5) is 6.97. The highest BCUT2D eigenvalue weighted by Gasteiger charge is 2.13. The minimum Gasteiger partial charge on any atom is -0.314 e. The molecular weight excluding hydrogens is 262 g/mol. The molecule has 0 fully saturated rings. The molecule has 5 heteroatoms. The lowest BCUT2D eigenvalue weighted by molar-refractivity contribution is 0.765. The van der Waals surface area contributed by atoms with E-state index >= 15 is 0 Å². The summed E-state index contributed by atoms with van der Waals surface area (Å²) in [5.74, 6) is 0. The molecule has 2 aromatic heterocycles. The van der Waals surface area contributed by atoms with Crippen molar-refractivity contribution in [1.82, 2.24) is 14.7 Å². The number of rotatable bonds is 4. The Morgan fingerprint density at radius 2 is 2.17 bits per heavy atom. The zero-order valence-corrected chi connectivity index (χ0v) is 11.6. The smallest absolute Gasteiger partial charge is 0.194 e. The topological polar surface area (TPSA) is 29.3 Å². The lowest BCUT2D eigenvalue weighted by Crippen LogP contribution is -2.07. The van der Waals surface area contributed by atoms with E-state index in [0.717, 1.165) is 16.5 Å². The zero-order chi connectivity index (χ0) is 12.4. The molecule has 1 N–H and O–H groups in total. The average Bonchev–Trinajstić information content (AvgIpc) is 2.95. The van der Waals surface area contributed by atoms with E-state index < -0.39 is 0 Å². The van der Waals surface area contributed by atoms with E-state index in [1.54, 1.807) is 23.1 Å². The molecular formula is C13H13N3S2. The fraction of sp³-hybridized carbons (Fsp3) is 0.154. The van der Waals surface area contributed by atoms with Crippen molar-refractivity contribution in [3.8, 4) is 0 Å². The fourth-order valence-electron chi connectivity index (χ4n) is 1.82. The first-order valence-corrected chi connectivity index (χ1v) is 7.40. The van der Waals surface area contributed by atoms with Crippen molar-refractivity contribution >= 4 is 28.1 Å². The van der Waals surface area contributed by atoms with Crippen LogP contribution in [-0.4, -0.2) is 16.4 Å². The van der Waals surface area contributed by atoms with Crippen molar-refractivity contribution in [3.63, 3.8) is 0 Å². The van der Waals surface area contributed by atoms with Crippen LogP contribution in [0.1, 0.15) is 5.69 Å². The van der Waals surface area contributed by atoms with Gasteiger partial charge in [-0.05, 0) is 19.2 Å². The van der Waals surface area contributed by atoms with Gasteiger partial charge in [0, 0.05) is 23.0 Å². The van der Waals surface area contributed by atoms with Crippen molar-refractivity contribution in [2.75, 3.05) is 7.05 Å². The van der Waals surface area contributed by atoms with E-state index in [0.29, 0.717) is 0 Å². The molecule has 0 spiro atoms. The molecule has 18 heavy (non-hydrogen) atoms. The standard InChI is InChI=1S/C13H13N3S2/c1-14-9-11-12(15-13-16(11)7-8-17-13)18-10-5-3-2-4-6-10/h2-8,14H,9H2,1H3. The van der Waals surface area contributed by atoms with Gasteiger partial charge < -0.3 is 5.32 Å². The third-order valence-corrected chi connectivity index (χ3v) is 4.41. The van der Waals surface area contributed by atoms with Crippen molar-refractivity contribution in [3.05, 3.63) is 47.6 Å². The van der Waals surface area contributed by atoms with Crippen molar-refractivity contribution in [2.24, 2.45) is 0 Å². The Balaban J connectivity index is 2.00. The van der Waals surface area contributed by atoms with Gasteiger partial charge >= 0.3 is 0 Å². The van der Waals surface area contributed by atoms with Crippen LogP contribution in [0.15, 0.2) is 51.8 Å². The first-order valence-electron chi connectivity index (χ1n) is 5.70. The van der Waals surface area contributed by atoms with Gasteiger partial charge in [-0.1, -0.05) is 30.0 Å². The predicted molar refractivity (Wildman–Crippen MR) is 76.4 cm³/mol. The molecule has 0 aliphatic heterocycles. The summed E-state index contributed by atoms with van der Waals surface area (Å²) in [6.45, 7) is 0.826. The highest BCUT2D eigenvalue weighted by Crippen LogP contribution is 2.31. The zero-order valence-electron chi connectivity index (χ0n) is 9.96. The summed E-state index contributed by atoms with van der Waals surface area (Å²) in [5.41, 5.74) is 1.22. The second kappa shape index (κ2) is 5.14. The number of hydrogen-bond acceptors (Lipinski definition) is 4. The third-order valence-electron chi connectivity index (χ3n) is 2.63. The molecule has 0 saturated heterocycles. The summed E-state index contributed by atoms with van der Waals surface area (Å²) in [6, 6.07) is 10.4. The summed E-state index contributed by atoms with van der Waals surface area (Å²) in [6.07, 6.45) is 2.08. The maximum atomic E-state index is 4.69. The van der Waals surface area contributed by atoms with Crippen molar-refractivity contribution < 1.29 is 0 Å². The molecule has 0 amide bonds. The van der Waals surface area contributed by atoms with Crippen LogP contribution in [0.25, 0.3) is 4.96 Å². The maximum absolute atomic E-state index is 4.69. The molecule has 0 bridgehead atoms. The van der Waals surface area contributed by atoms with E-state index in [1.807, 2.05) is 13.1 Å². The number of hydrogen-bond donors (Lipinski definition) is 1. The quantitative estimate of drug-likeness (QED) is 0.792. The normalized spacial score (nSPS) is 11.2. The van der Waals surface area contributed by atoms with Gasteiger partial charge in [-0.25, -0.2) is 4.98 Å². The largest absolute Gasteiger partial charge is 0.314 e. The summed E-state index contributed by atoms with van der Waals surface area (Å²) < 4.78 is 2.16. The summed E-state index contributed by atoms with van der Waals surface area (Å²) >= 11 is 3.39. The molecule has 0 radical (unpaired) electrons. The Morgan fingerprint density at radius 3 is 2.94 bits per heavy atom. The molecule has 0 atom stereocenters. The highest BCUT2D eigenvalue weighted by molar-refractivity contribution is 7.99. The van der Waals surface area contributed by atoms with Crippen LogP contribution >= 0.6 is 23.1 Å². The number of fused-ring (bicyclic) bond motifs is 1. The van der Waals surface area contributed by atoms with Crippen LogP contribution in [0.3, 0.4) is 0 Å². The summed E-state index contributed by atoms with van der Waals surface area (Å²) in [5, 5.41) is 6.36. The number of thiazole rings is 1. The molecule has 3 nitrogen and oxygen atoms in total. The second-order valence-corrected chi connectivity index (χ2v) is 5.80. The lowest BCUT2D eigenvalue weighted by Gasteiger charge is -2.03. The Kier molecular flexibility index (Phi) is 3.36. The van der Waals surface area contributed by atoms with E-state index in [4.69, 9.17) is 4.98 Å². The predicted octanol–water partition coefficient (Wildman–Crippen LogP) is 3.27. The van der Waals surface area contributed by atoms with Crippen LogP contribution in [0.4, 0.5) is 0 Å². The fourth-order valence-corrected chi connectivity index (χ4v) is 3.55. The van der Waals surface area contributed by atoms with Crippen LogP contribution < -0.4 is 5.32 Å². The van der Waals surface area contributed by atoms with Gasteiger partial charge in [-0.3, -0.25) is 4.40 Å². The number of imidazole rings is 1. The molecule has 92 valence electrons. The van der Waals surface area contributed by atoms with Crippen LogP contribution in [-0.2, 0) is 6.54 Å². The van der Waals surface area contributed by atoms with Gasteiger partial charge in [-0.2, -0.15) is 0 Å². The first-order chi connectivity index (χ1) is 8.88. The Morgan fingerprint density at radius 1 is 1.33 bits per heavy atom. The Labute approximate surface area is 114 Å². The van der Waals surface area contributed by atoms with Gasteiger partial charge in [0.15, 0.2) is 4.96 Å². The SMILES string of the molecule is CNCc1c(Sc2ccccc2)nc2sccn12. The van der Waals surface area contributed by atoms with Crippen molar-refractivity contribution in [1.29, 1.82) is 0 Å². The monoisotopic (exact) mass is 275 g/mol. The number of nitrogens with zero attached hydrogens (tertiary/aromatic N) is 2. The molecule has 0 unspecified atom stereocenters.